The first-order valence-corrected chi connectivity index (χ1v) is 8.62. The third kappa shape index (κ3) is 1.19. The van der Waals surface area contributed by atoms with E-state index < -0.39 is 46.5 Å². The summed E-state index contributed by atoms with van der Waals surface area (Å²) in [6, 6.07) is 11.0. The molecule has 0 amide bonds. The zero-order chi connectivity index (χ0) is 18.2. The van der Waals surface area contributed by atoms with Gasteiger partial charge in [-0.3, -0.25) is 14.4 Å². The predicted octanol–water partition coefficient (Wildman–Crippen LogP) is 0.873. The average molecular weight is 362 g/mol. The molecule has 7 heteroatoms. The molecule has 0 bridgehead atoms. The minimum atomic E-state index is -1.92. The Kier molecular flexibility index (Phi) is 1.99. The predicted molar refractivity (Wildman–Crippen MR) is 87.3 cm³/mol. The summed E-state index contributed by atoms with van der Waals surface area (Å²) < 4.78 is 23.7. The lowest BCUT2D eigenvalue weighted by Crippen LogP contribution is -2.72. The first-order valence-electron chi connectivity index (χ1n) is 8.62. The smallest absolute Gasteiger partial charge is 0.321 e. The summed E-state index contributed by atoms with van der Waals surface area (Å²) in [5, 5.41) is 1.67. The van der Waals surface area contributed by atoms with Gasteiger partial charge in [0, 0.05) is 0 Å². The Morgan fingerprint density at radius 2 is 1.52 bits per heavy atom. The molecule has 27 heavy (non-hydrogen) atoms. The van der Waals surface area contributed by atoms with E-state index in [1.54, 1.807) is 12.1 Å². The molecular formula is C20H10O7. The molecule has 2 aliphatic carbocycles. The quantitative estimate of drug-likeness (QED) is 0.507. The van der Waals surface area contributed by atoms with Gasteiger partial charge in [0.05, 0.1) is 5.39 Å². The zero-order valence-corrected chi connectivity index (χ0v) is 13.6. The molecule has 5 aliphatic rings. The van der Waals surface area contributed by atoms with Crippen molar-refractivity contribution in [3.8, 4) is 11.5 Å². The normalized spacial score (nSPS) is 38.6. The van der Waals surface area contributed by atoms with Crippen LogP contribution in [0.3, 0.4) is 0 Å². The van der Waals surface area contributed by atoms with Crippen molar-refractivity contribution >= 4 is 28.1 Å². The van der Waals surface area contributed by atoms with E-state index in [1.165, 1.54) is 0 Å². The monoisotopic (exact) mass is 362 g/mol. The first-order chi connectivity index (χ1) is 13.1. The molecule has 0 radical (unpaired) electrons. The number of carbonyl (C=O) groups excluding carboxylic acids is 3. The van der Waals surface area contributed by atoms with Crippen LogP contribution in [0, 0.1) is 0 Å². The second-order valence-electron chi connectivity index (χ2n) is 7.35. The van der Waals surface area contributed by atoms with Gasteiger partial charge in [-0.15, -0.1) is 0 Å². The maximum absolute atomic E-state index is 12.9. The molecule has 3 fully saturated rings. The fourth-order valence-corrected chi connectivity index (χ4v) is 4.92. The van der Waals surface area contributed by atoms with E-state index in [-0.39, 0.29) is 0 Å². The van der Waals surface area contributed by atoms with Crippen molar-refractivity contribution in [2.45, 2.75) is 29.2 Å². The number of rotatable bonds is 0. The third-order valence-electron chi connectivity index (χ3n) is 6.15. The topological polar surface area (TPSA) is 94.7 Å². The van der Waals surface area contributed by atoms with Gasteiger partial charge in [0.2, 0.25) is 11.4 Å². The van der Waals surface area contributed by atoms with Gasteiger partial charge in [-0.1, -0.05) is 24.3 Å². The highest BCUT2D eigenvalue weighted by Crippen LogP contribution is 2.69. The number of hydrogen-bond acceptors (Lipinski definition) is 7. The van der Waals surface area contributed by atoms with Gasteiger partial charge in [0.25, 0.3) is 5.60 Å². The lowest BCUT2D eigenvalue weighted by atomic mass is 9.67. The second-order valence-corrected chi connectivity index (χ2v) is 7.35. The summed E-state index contributed by atoms with van der Waals surface area (Å²) in [6.45, 7) is 0. The first kappa shape index (κ1) is 14.1. The minimum absolute atomic E-state index is 0.492. The standard InChI is InChI=1S/C20H10O7/c21-12-7-8-13(22)19-18(12,27-19)16(23)15-17(24-15)20(19)25-10-5-1-3-9-4-2-6-11(26-20)14(9)10/h1-8,15,17H/t15-,17-,18+,19+/m1/s1. The number of Topliss-reactive ketones (excluding diaryl/α,β-unsaturated/α-hetero) is 1. The van der Waals surface area contributed by atoms with Gasteiger partial charge in [0.15, 0.2) is 23.8 Å². The van der Waals surface area contributed by atoms with Crippen molar-refractivity contribution in [3.63, 3.8) is 0 Å². The van der Waals surface area contributed by atoms with Crippen LogP contribution in [0.4, 0.5) is 0 Å². The maximum atomic E-state index is 12.9. The number of ketones is 3. The van der Waals surface area contributed by atoms with Crippen molar-refractivity contribution in [1.29, 1.82) is 0 Å². The minimum Gasteiger partial charge on any atom is -0.446 e. The largest absolute Gasteiger partial charge is 0.446 e. The number of hydrogen-bond donors (Lipinski definition) is 0. The number of epoxide rings is 2. The van der Waals surface area contributed by atoms with E-state index in [9.17, 15) is 14.4 Å². The molecule has 3 heterocycles. The van der Waals surface area contributed by atoms with Crippen LogP contribution in [0.5, 0.6) is 11.5 Å². The van der Waals surface area contributed by atoms with Crippen molar-refractivity contribution in [3.05, 3.63) is 48.6 Å². The molecule has 3 aliphatic heterocycles. The van der Waals surface area contributed by atoms with E-state index in [0.29, 0.717) is 11.5 Å². The van der Waals surface area contributed by atoms with Crippen LogP contribution in [0.1, 0.15) is 0 Å². The Morgan fingerprint density at radius 1 is 0.852 bits per heavy atom. The average Bonchev–Trinajstić information content (AvgIpc) is 3.57. The molecule has 0 N–H and O–H groups in total. The molecule has 0 aromatic heterocycles. The van der Waals surface area contributed by atoms with Crippen LogP contribution in [0.2, 0.25) is 0 Å². The highest BCUT2D eigenvalue weighted by atomic mass is 16.8. The van der Waals surface area contributed by atoms with Crippen LogP contribution >= 0.6 is 0 Å². The SMILES string of the molecule is O=C1C=CC(=O)[C@]23O[C@]12C(=O)[C@H]1O[C@H]1C31Oc2cccc3cccc(c23)O1. The molecule has 7 nitrogen and oxygen atoms in total. The highest BCUT2D eigenvalue weighted by Gasteiger charge is 3.00. The van der Waals surface area contributed by atoms with Gasteiger partial charge in [0.1, 0.15) is 11.5 Å². The fourth-order valence-electron chi connectivity index (χ4n) is 4.92. The van der Waals surface area contributed by atoms with Crippen LogP contribution in [-0.2, 0) is 23.9 Å². The van der Waals surface area contributed by atoms with Crippen LogP contribution in [-0.4, -0.2) is 46.5 Å². The zero-order valence-electron chi connectivity index (χ0n) is 13.6. The molecule has 0 unspecified atom stereocenters. The number of benzene rings is 2. The number of carbonyl (C=O) groups is 3. The fraction of sp³-hybridized carbons (Fsp3) is 0.250. The highest BCUT2D eigenvalue weighted by molar-refractivity contribution is 6.32. The van der Waals surface area contributed by atoms with Crippen molar-refractivity contribution in [1.82, 2.24) is 0 Å². The van der Waals surface area contributed by atoms with E-state index in [1.807, 2.05) is 24.3 Å². The molecule has 2 saturated heterocycles. The summed E-state index contributed by atoms with van der Waals surface area (Å²) in [5.74, 6) is -2.39. The van der Waals surface area contributed by atoms with Gasteiger partial charge in [-0.25, -0.2) is 0 Å². The Hall–Kier alpha value is -3.03. The molecule has 132 valence electrons. The van der Waals surface area contributed by atoms with E-state index in [4.69, 9.17) is 18.9 Å². The maximum Gasteiger partial charge on any atom is 0.321 e. The lowest BCUT2D eigenvalue weighted by Gasteiger charge is -2.43. The summed E-state index contributed by atoms with van der Waals surface area (Å²) in [7, 11) is 0. The Morgan fingerprint density at radius 3 is 2.22 bits per heavy atom. The molecule has 2 aromatic rings. The molecular weight excluding hydrogens is 352 g/mol. The molecule has 1 saturated carbocycles. The van der Waals surface area contributed by atoms with Crippen molar-refractivity contribution in [2.75, 3.05) is 0 Å². The Balaban J connectivity index is 1.52. The molecule has 7 rings (SSSR count). The third-order valence-corrected chi connectivity index (χ3v) is 6.15. The summed E-state index contributed by atoms with van der Waals surface area (Å²) in [4.78, 5) is 38.4. The van der Waals surface area contributed by atoms with Crippen LogP contribution in [0.15, 0.2) is 48.6 Å². The van der Waals surface area contributed by atoms with Gasteiger partial charge in [-0.2, -0.15) is 0 Å². The number of ether oxygens (including phenoxy) is 4. The molecule has 2 aromatic carbocycles. The van der Waals surface area contributed by atoms with Gasteiger partial charge in [-0.05, 0) is 29.7 Å². The Labute approximate surface area is 151 Å². The van der Waals surface area contributed by atoms with Gasteiger partial charge < -0.3 is 18.9 Å². The summed E-state index contributed by atoms with van der Waals surface area (Å²) in [6.07, 6.45) is 0.485. The van der Waals surface area contributed by atoms with E-state index in [2.05, 4.69) is 0 Å². The van der Waals surface area contributed by atoms with Crippen molar-refractivity contribution in [2.24, 2.45) is 0 Å². The van der Waals surface area contributed by atoms with Crippen LogP contribution in [0.25, 0.3) is 10.8 Å². The van der Waals surface area contributed by atoms with Gasteiger partial charge >= 0.3 is 5.79 Å². The van der Waals surface area contributed by atoms with E-state index >= 15 is 0 Å². The van der Waals surface area contributed by atoms with Crippen molar-refractivity contribution < 1.29 is 33.3 Å². The molecule has 1 spiro atoms. The van der Waals surface area contributed by atoms with E-state index in [0.717, 1.165) is 22.9 Å². The lowest BCUT2D eigenvalue weighted by molar-refractivity contribution is -0.189. The summed E-state index contributed by atoms with van der Waals surface area (Å²) >= 11 is 0. The molecule has 4 atom stereocenters. The second kappa shape index (κ2) is 3.81. The summed E-state index contributed by atoms with van der Waals surface area (Å²) in [5.41, 5.74) is -3.78. The Bertz CT molecular complexity index is 1140. The number of fused-ring (bicyclic) bond motifs is 2. The van der Waals surface area contributed by atoms with Crippen LogP contribution < -0.4 is 9.47 Å².